The first kappa shape index (κ1) is 12.5. The van der Waals surface area contributed by atoms with Crippen LogP contribution in [0.5, 0.6) is 0 Å². The average Bonchev–Trinajstić information content (AvgIpc) is 2.56. The molecule has 0 atom stereocenters. The molecule has 0 aliphatic carbocycles. The minimum atomic E-state index is -0.581. The summed E-state index contributed by atoms with van der Waals surface area (Å²) in [5, 5.41) is 2.54. The lowest BCUT2D eigenvalue weighted by atomic mass is 10.2. The summed E-state index contributed by atoms with van der Waals surface area (Å²) in [5.41, 5.74) is 0.496. The molecular formula is C10H13N5O2S. The smallest absolute Gasteiger partial charge is 0.413 e. The Morgan fingerprint density at radius 3 is 2.78 bits per heavy atom. The number of amides is 1. The van der Waals surface area contributed by atoms with Gasteiger partial charge in [-0.15, -0.1) is 0 Å². The van der Waals surface area contributed by atoms with Crippen molar-refractivity contribution in [1.82, 2.24) is 19.9 Å². The predicted octanol–water partition coefficient (Wildman–Crippen LogP) is 2.36. The normalized spacial score (nSPS) is 11.5. The maximum absolute atomic E-state index is 11.6. The van der Waals surface area contributed by atoms with Gasteiger partial charge in [-0.3, -0.25) is 5.32 Å². The lowest BCUT2D eigenvalue weighted by molar-refractivity contribution is 0.0635. The Labute approximate surface area is 108 Å². The number of anilines is 1. The molecule has 3 N–H and O–H groups in total. The molecule has 0 saturated heterocycles. The molecule has 0 radical (unpaired) electrons. The van der Waals surface area contributed by atoms with Crippen LogP contribution >= 0.6 is 12.2 Å². The summed E-state index contributed by atoms with van der Waals surface area (Å²) in [6.45, 7) is 5.35. The minimum Gasteiger partial charge on any atom is -0.444 e. The monoisotopic (exact) mass is 267 g/mol. The largest absolute Gasteiger partial charge is 0.444 e. The highest BCUT2D eigenvalue weighted by Crippen LogP contribution is 2.16. The number of aromatic nitrogens is 4. The first-order valence-corrected chi connectivity index (χ1v) is 5.69. The van der Waals surface area contributed by atoms with E-state index < -0.39 is 11.7 Å². The van der Waals surface area contributed by atoms with Gasteiger partial charge >= 0.3 is 6.09 Å². The molecule has 0 unspecified atom stereocenters. The number of imidazole rings is 1. The number of rotatable bonds is 1. The van der Waals surface area contributed by atoms with Gasteiger partial charge in [-0.1, -0.05) is 0 Å². The van der Waals surface area contributed by atoms with Crippen molar-refractivity contribution in [2.75, 3.05) is 5.32 Å². The number of carbonyl (C=O) groups is 1. The highest BCUT2D eigenvalue weighted by molar-refractivity contribution is 7.71. The van der Waals surface area contributed by atoms with E-state index in [1.54, 1.807) is 20.8 Å². The van der Waals surface area contributed by atoms with Gasteiger partial charge in [0.1, 0.15) is 17.4 Å². The van der Waals surface area contributed by atoms with E-state index in [9.17, 15) is 4.79 Å². The zero-order chi connectivity index (χ0) is 13.3. The van der Waals surface area contributed by atoms with Crippen molar-refractivity contribution in [3.05, 3.63) is 11.1 Å². The number of ether oxygens (including phenoxy) is 1. The van der Waals surface area contributed by atoms with Crippen LogP contribution in [0.4, 0.5) is 10.6 Å². The van der Waals surface area contributed by atoms with Gasteiger partial charge in [0.05, 0.1) is 0 Å². The summed E-state index contributed by atoms with van der Waals surface area (Å²) in [7, 11) is 0. The van der Waals surface area contributed by atoms with E-state index >= 15 is 0 Å². The van der Waals surface area contributed by atoms with Crippen LogP contribution in [0, 0.1) is 4.77 Å². The molecule has 2 aromatic rings. The number of nitrogens with zero attached hydrogens (tertiary/aromatic N) is 2. The molecular weight excluding hydrogens is 254 g/mol. The number of carbonyl (C=O) groups excluding carboxylic acids is 1. The van der Waals surface area contributed by atoms with Gasteiger partial charge in [0, 0.05) is 0 Å². The predicted molar refractivity (Wildman–Crippen MR) is 68.9 cm³/mol. The molecule has 0 saturated carbocycles. The van der Waals surface area contributed by atoms with Crippen molar-refractivity contribution in [3.63, 3.8) is 0 Å². The van der Waals surface area contributed by atoms with Gasteiger partial charge in [-0.25, -0.2) is 14.8 Å². The SMILES string of the molecule is CC(C)(C)OC(=O)Nc1ncnc2[nH]c(=S)[nH]c12. The Kier molecular flexibility index (Phi) is 3.04. The molecule has 0 aliphatic heterocycles. The van der Waals surface area contributed by atoms with E-state index in [-0.39, 0.29) is 0 Å². The average molecular weight is 267 g/mol. The molecule has 7 nitrogen and oxygen atoms in total. The van der Waals surface area contributed by atoms with Crippen molar-refractivity contribution < 1.29 is 9.53 Å². The fraction of sp³-hybridized carbons (Fsp3) is 0.400. The second-order valence-corrected chi connectivity index (χ2v) is 5.06. The Balaban J connectivity index is 2.27. The molecule has 96 valence electrons. The maximum atomic E-state index is 11.6. The highest BCUT2D eigenvalue weighted by atomic mass is 32.1. The van der Waals surface area contributed by atoms with Gasteiger partial charge in [0.15, 0.2) is 16.2 Å². The number of aromatic amines is 2. The van der Waals surface area contributed by atoms with Crippen molar-refractivity contribution >= 4 is 35.3 Å². The lowest BCUT2D eigenvalue weighted by Gasteiger charge is -2.19. The van der Waals surface area contributed by atoms with Crippen LogP contribution in [0.1, 0.15) is 20.8 Å². The van der Waals surface area contributed by atoms with Crippen LogP contribution < -0.4 is 5.32 Å². The molecule has 0 aromatic carbocycles. The van der Waals surface area contributed by atoms with Gasteiger partial charge in [0.2, 0.25) is 0 Å². The van der Waals surface area contributed by atoms with Crippen LogP contribution in [0.2, 0.25) is 0 Å². The third kappa shape index (κ3) is 2.83. The highest BCUT2D eigenvalue weighted by Gasteiger charge is 2.17. The molecule has 2 heterocycles. The van der Waals surface area contributed by atoms with Gasteiger partial charge in [-0.05, 0) is 33.0 Å². The van der Waals surface area contributed by atoms with Crippen molar-refractivity contribution in [2.24, 2.45) is 0 Å². The van der Waals surface area contributed by atoms with Gasteiger partial charge in [-0.2, -0.15) is 0 Å². The van der Waals surface area contributed by atoms with Crippen molar-refractivity contribution in [2.45, 2.75) is 26.4 Å². The van der Waals surface area contributed by atoms with E-state index in [0.29, 0.717) is 21.8 Å². The fourth-order valence-corrected chi connectivity index (χ4v) is 1.54. The quantitative estimate of drug-likeness (QED) is 0.689. The van der Waals surface area contributed by atoms with Crippen LogP contribution in [0.3, 0.4) is 0 Å². The Morgan fingerprint density at radius 1 is 1.39 bits per heavy atom. The standard InChI is InChI=1S/C10H13N5O2S/c1-10(2,3)17-9(16)15-7-5-6(11-4-12-7)14-8(18)13-5/h4H,1-3H3,(H3,11,12,13,14,15,16,18). The molecule has 0 fully saturated rings. The summed E-state index contributed by atoms with van der Waals surface area (Å²) in [6, 6.07) is 0. The lowest BCUT2D eigenvalue weighted by Crippen LogP contribution is -2.27. The molecule has 18 heavy (non-hydrogen) atoms. The number of hydrogen-bond donors (Lipinski definition) is 3. The number of hydrogen-bond acceptors (Lipinski definition) is 5. The van der Waals surface area contributed by atoms with Crippen LogP contribution in [-0.2, 0) is 4.74 Å². The first-order valence-electron chi connectivity index (χ1n) is 5.28. The van der Waals surface area contributed by atoms with Crippen LogP contribution in [-0.4, -0.2) is 31.6 Å². The summed E-state index contributed by atoms with van der Waals surface area (Å²) in [4.78, 5) is 25.3. The number of fused-ring (bicyclic) bond motifs is 1. The molecule has 8 heteroatoms. The zero-order valence-corrected chi connectivity index (χ0v) is 11.0. The topological polar surface area (TPSA) is 95.7 Å². The van der Waals surface area contributed by atoms with E-state index in [0.717, 1.165) is 0 Å². The molecule has 2 rings (SSSR count). The fourth-order valence-electron chi connectivity index (χ4n) is 1.35. The molecule has 0 aliphatic rings. The third-order valence-corrected chi connectivity index (χ3v) is 2.14. The third-order valence-electron chi connectivity index (χ3n) is 1.94. The summed E-state index contributed by atoms with van der Waals surface area (Å²) in [5.74, 6) is 0.321. The Bertz CT molecular complexity index is 639. The second-order valence-electron chi connectivity index (χ2n) is 4.65. The van der Waals surface area contributed by atoms with E-state index in [1.165, 1.54) is 6.33 Å². The van der Waals surface area contributed by atoms with E-state index in [4.69, 9.17) is 17.0 Å². The summed E-state index contributed by atoms with van der Waals surface area (Å²) >= 11 is 4.95. The van der Waals surface area contributed by atoms with Gasteiger partial charge < -0.3 is 14.7 Å². The Morgan fingerprint density at radius 2 is 2.11 bits per heavy atom. The molecule has 0 spiro atoms. The van der Waals surface area contributed by atoms with Gasteiger partial charge in [0.25, 0.3) is 0 Å². The first-order chi connectivity index (χ1) is 8.35. The number of nitrogens with one attached hydrogen (secondary N) is 3. The van der Waals surface area contributed by atoms with Crippen LogP contribution in [0.25, 0.3) is 11.2 Å². The van der Waals surface area contributed by atoms with Crippen molar-refractivity contribution in [1.29, 1.82) is 0 Å². The number of H-pyrrole nitrogens is 2. The van der Waals surface area contributed by atoms with Crippen molar-refractivity contribution in [3.8, 4) is 0 Å². The zero-order valence-electron chi connectivity index (χ0n) is 10.2. The van der Waals surface area contributed by atoms with E-state index in [1.807, 2.05) is 0 Å². The van der Waals surface area contributed by atoms with Crippen LogP contribution in [0.15, 0.2) is 6.33 Å². The molecule has 1 amide bonds. The summed E-state index contributed by atoms with van der Waals surface area (Å²) in [6.07, 6.45) is 0.747. The molecule has 0 bridgehead atoms. The summed E-state index contributed by atoms with van der Waals surface area (Å²) < 4.78 is 5.55. The van der Waals surface area contributed by atoms with E-state index in [2.05, 4.69) is 25.3 Å². The maximum Gasteiger partial charge on any atom is 0.413 e. The second kappa shape index (κ2) is 4.37. The molecule has 2 aromatic heterocycles. The minimum absolute atomic E-state index is 0.321. The Hall–Kier alpha value is -1.96.